The van der Waals surface area contributed by atoms with Crippen molar-refractivity contribution < 1.29 is 24.0 Å². The normalized spacial score (nSPS) is 38.8. The minimum atomic E-state index is -0.565. The summed E-state index contributed by atoms with van der Waals surface area (Å²) in [6.45, 7) is 13.4. The summed E-state index contributed by atoms with van der Waals surface area (Å²) in [5, 5.41) is 4.42. The molecule has 0 unspecified atom stereocenters. The molecular formula is C32H48N2O5. The van der Waals surface area contributed by atoms with Crippen molar-refractivity contribution in [3.8, 4) is 0 Å². The van der Waals surface area contributed by atoms with Gasteiger partial charge in [0, 0.05) is 25.4 Å². The fraction of sp³-hybridized carbons (Fsp3) is 0.812. The van der Waals surface area contributed by atoms with Crippen molar-refractivity contribution in [1.29, 1.82) is 0 Å². The molecule has 4 fully saturated rings. The fourth-order valence-electron chi connectivity index (χ4n) is 9.16. The van der Waals surface area contributed by atoms with Crippen LogP contribution in [0.15, 0.2) is 16.8 Å². The van der Waals surface area contributed by atoms with Gasteiger partial charge in [-0.05, 0) is 120 Å². The van der Waals surface area contributed by atoms with Crippen LogP contribution in [0.1, 0.15) is 106 Å². The van der Waals surface area contributed by atoms with E-state index < -0.39 is 5.60 Å². The third-order valence-corrected chi connectivity index (χ3v) is 11.2. The largest absolute Gasteiger partial charge is 0.444 e. The molecule has 1 aliphatic heterocycles. The van der Waals surface area contributed by atoms with Crippen molar-refractivity contribution in [3.63, 3.8) is 0 Å². The Hall–Kier alpha value is -2.18. The number of carbonyl (C=O) groups is 3. The Balaban J connectivity index is 1.22. The SMILES string of the molecule is C/C(=N\OC(=O)[C@@H]1CCCN(C(=O)OC(C)(C)C)C1)[C@H]1CC[C@H]2[C@@H]3CCC4=CC(=O)CC[C@]4(C)[C@H]3CC[C@]12C. The highest BCUT2D eigenvalue weighted by Gasteiger charge is 2.59. The average molecular weight is 541 g/mol. The lowest BCUT2D eigenvalue weighted by Gasteiger charge is -2.58. The number of ether oxygens (including phenoxy) is 1. The molecule has 4 aliphatic carbocycles. The molecule has 1 amide bonds. The predicted molar refractivity (Wildman–Crippen MR) is 150 cm³/mol. The van der Waals surface area contributed by atoms with Crippen LogP contribution in [0.25, 0.3) is 0 Å². The fourth-order valence-corrected chi connectivity index (χ4v) is 9.16. The van der Waals surface area contributed by atoms with E-state index in [-0.39, 0.29) is 28.8 Å². The minimum absolute atomic E-state index is 0.168. The van der Waals surface area contributed by atoms with Gasteiger partial charge in [0.2, 0.25) is 0 Å². The van der Waals surface area contributed by atoms with Crippen molar-refractivity contribution in [3.05, 3.63) is 11.6 Å². The Morgan fingerprint density at radius 1 is 1.03 bits per heavy atom. The van der Waals surface area contributed by atoms with Crippen LogP contribution >= 0.6 is 0 Å². The molecule has 7 atom stereocenters. The van der Waals surface area contributed by atoms with Crippen molar-refractivity contribution in [2.24, 2.45) is 45.6 Å². The van der Waals surface area contributed by atoms with Crippen molar-refractivity contribution in [2.45, 2.75) is 111 Å². The molecule has 5 rings (SSSR count). The molecule has 7 heteroatoms. The first kappa shape index (κ1) is 28.4. The van der Waals surface area contributed by atoms with Gasteiger partial charge >= 0.3 is 12.1 Å². The molecule has 3 saturated carbocycles. The number of rotatable bonds is 3. The Morgan fingerprint density at radius 3 is 2.54 bits per heavy atom. The number of nitrogens with zero attached hydrogens (tertiary/aromatic N) is 2. The molecular weight excluding hydrogens is 492 g/mol. The number of likely N-dealkylation sites (tertiary alicyclic amines) is 1. The summed E-state index contributed by atoms with van der Waals surface area (Å²) < 4.78 is 5.50. The maximum absolute atomic E-state index is 13.0. The summed E-state index contributed by atoms with van der Waals surface area (Å²) in [7, 11) is 0. The zero-order chi connectivity index (χ0) is 28.2. The van der Waals surface area contributed by atoms with Gasteiger partial charge in [-0.1, -0.05) is 24.6 Å². The number of hydrogen-bond acceptors (Lipinski definition) is 6. The van der Waals surface area contributed by atoms with Crippen LogP contribution in [0.5, 0.6) is 0 Å². The van der Waals surface area contributed by atoms with Gasteiger partial charge in [-0.3, -0.25) is 4.79 Å². The smallest absolute Gasteiger partial charge is 0.410 e. The van der Waals surface area contributed by atoms with E-state index in [2.05, 4.69) is 19.0 Å². The van der Waals surface area contributed by atoms with Gasteiger partial charge in [0.1, 0.15) is 5.60 Å². The first-order chi connectivity index (χ1) is 18.3. The van der Waals surface area contributed by atoms with Crippen LogP contribution in [0.3, 0.4) is 0 Å². The molecule has 0 aromatic heterocycles. The van der Waals surface area contributed by atoms with Gasteiger partial charge in [0.25, 0.3) is 0 Å². The number of ketones is 1. The van der Waals surface area contributed by atoms with Gasteiger partial charge in [-0.2, -0.15) is 0 Å². The molecule has 7 nitrogen and oxygen atoms in total. The van der Waals surface area contributed by atoms with Gasteiger partial charge in [0.05, 0.1) is 11.6 Å². The third-order valence-electron chi connectivity index (χ3n) is 11.2. The monoisotopic (exact) mass is 540 g/mol. The second-order valence-corrected chi connectivity index (χ2v) is 14.6. The first-order valence-electron chi connectivity index (χ1n) is 15.3. The molecule has 0 N–H and O–H groups in total. The summed E-state index contributed by atoms with van der Waals surface area (Å²) in [5.41, 5.74) is 2.13. The van der Waals surface area contributed by atoms with Crippen LogP contribution in [-0.4, -0.2) is 47.1 Å². The second-order valence-electron chi connectivity index (χ2n) is 14.6. The maximum atomic E-state index is 13.0. The van der Waals surface area contributed by atoms with Crippen LogP contribution in [0.4, 0.5) is 4.79 Å². The van der Waals surface area contributed by atoms with E-state index in [0.717, 1.165) is 37.8 Å². The lowest BCUT2D eigenvalue weighted by atomic mass is 9.46. The molecule has 39 heavy (non-hydrogen) atoms. The van der Waals surface area contributed by atoms with Crippen molar-refractivity contribution >= 4 is 23.6 Å². The van der Waals surface area contributed by atoms with E-state index in [4.69, 9.17) is 9.57 Å². The number of fused-ring (bicyclic) bond motifs is 5. The standard InChI is InChI=1S/C32H48N2O5/c1-20(33-39-28(36)21-8-7-17-34(19-21)29(37)38-30(2,3)4)25-11-12-26-24-10-9-22-18-23(35)13-15-31(22,5)27(24)14-16-32(25,26)6/h18,21,24-27H,7-17,19H2,1-6H3/b33-20+/t21-,24+,25-,26+,27+,31+,32-/m1/s1. The van der Waals surface area contributed by atoms with E-state index in [9.17, 15) is 14.4 Å². The average Bonchev–Trinajstić information content (AvgIpc) is 3.24. The van der Waals surface area contributed by atoms with E-state index in [0.29, 0.717) is 55.4 Å². The minimum Gasteiger partial charge on any atom is -0.444 e. The summed E-state index contributed by atoms with van der Waals surface area (Å²) in [6, 6.07) is 0. The Kier molecular flexibility index (Phi) is 7.51. The predicted octanol–water partition coefficient (Wildman–Crippen LogP) is 6.70. The second kappa shape index (κ2) is 10.3. The van der Waals surface area contributed by atoms with Crippen molar-refractivity contribution in [1.82, 2.24) is 4.90 Å². The molecule has 0 radical (unpaired) electrons. The van der Waals surface area contributed by atoms with E-state index in [1.54, 1.807) is 4.90 Å². The molecule has 0 spiro atoms. The van der Waals surface area contributed by atoms with Gasteiger partial charge in [-0.25, -0.2) is 9.59 Å². The number of allylic oxidation sites excluding steroid dienone is 1. The molecule has 1 saturated heterocycles. The molecule has 1 heterocycles. The Bertz CT molecular complexity index is 1070. The quantitative estimate of drug-likeness (QED) is 0.226. The molecule has 216 valence electrons. The van der Waals surface area contributed by atoms with Crippen LogP contribution in [0.2, 0.25) is 0 Å². The maximum Gasteiger partial charge on any atom is 0.410 e. The van der Waals surface area contributed by atoms with Crippen LogP contribution in [-0.2, 0) is 19.2 Å². The third kappa shape index (κ3) is 5.31. The highest BCUT2D eigenvalue weighted by molar-refractivity contribution is 5.91. The highest BCUT2D eigenvalue weighted by atomic mass is 16.7. The Morgan fingerprint density at radius 2 is 1.79 bits per heavy atom. The number of amides is 1. The van der Waals surface area contributed by atoms with Crippen LogP contribution < -0.4 is 0 Å². The zero-order valence-corrected chi connectivity index (χ0v) is 24.9. The zero-order valence-electron chi connectivity index (χ0n) is 24.9. The molecule has 0 aromatic carbocycles. The molecule has 0 bridgehead atoms. The lowest BCUT2D eigenvalue weighted by Crippen LogP contribution is -2.51. The molecule has 5 aliphatic rings. The van der Waals surface area contributed by atoms with Crippen LogP contribution in [0, 0.1) is 40.4 Å². The first-order valence-corrected chi connectivity index (χ1v) is 15.3. The summed E-state index contributed by atoms with van der Waals surface area (Å²) in [4.78, 5) is 44.8. The van der Waals surface area contributed by atoms with Gasteiger partial charge in [-0.15, -0.1) is 0 Å². The number of piperidine rings is 1. The highest BCUT2D eigenvalue weighted by Crippen LogP contribution is 2.66. The topological polar surface area (TPSA) is 85.3 Å². The number of hydrogen-bond donors (Lipinski definition) is 0. The Labute approximate surface area is 234 Å². The number of carbonyl (C=O) groups excluding carboxylic acids is 3. The summed E-state index contributed by atoms with van der Waals surface area (Å²) in [6.07, 6.45) is 11.7. The molecule has 0 aromatic rings. The van der Waals surface area contributed by atoms with E-state index >= 15 is 0 Å². The number of oxime groups is 1. The lowest BCUT2D eigenvalue weighted by molar-refractivity contribution is -0.150. The summed E-state index contributed by atoms with van der Waals surface area (Å²) in [5.74, 6) is 1.92. The van der Waals surface area contributed by atoms with E-state index in [1.807, 2.05) is 33.8 Å². The van der Waals surface area contributed by atoms with E-state index in [1.165, 1.54) is 24.8 Å². The van der Waals surface area contributed by atoms with Gasteiger partial charge < -0.3 is 14.5 Å². The van der Waals surface area contributed by atoms with Gasteiger partial charge in [0.15, 0.2) is 5.78 Å². The van der Waals surface area contributed by atoms with Crippen molar-refractivity contribution in [2.75, 3.05) is 13.1 Å². The summed E-state index contributed by atoms with van der Waals surface area (Å²) >= 11 is 0.